The van der Waals surface area contributed by atoms with E-state index in [1.807, 2.05) is 0 Å². The van der Waals surface area contributed by atoms with Crippen LogP contribution >= 0.6 is 0 Å². The predicted octanol–water partition coefficient (Wildman–Crippen LogP) is -0.140. The molecule has 20 heavy (non-hydrogen) atoms. The zero-order valence-corrected chi connectivity index (χ0v) is 12.7. The van der Waals surface area contributed by atoms with E-state index < -0.39 is 10.0 Å². The number of nitrogens with zero attached hydrogens (tertiary/aromatic N) is 4. The van der Waals surface area contributed by atoms with Crippen LogP contribution in [0.25, 0.3) is 0 Å². The van der Waals surface area contributed by atoms with Gasteiger partial charge in [0.15, 0.2) is 5.82 Å². The molecule has 2 aliphatic rings. The molecule has 0 aromatic carbocycles. The summed E-state index contributed by atoms with van der Waals surface area (Å²) in [7, 11) is 0.226. The highest BCUT2D eigenvalue weighted by Crippen LogP contribution is 2.31. The standard InChI is InChI=1S/C12H21N5O2S/c1-15-8-11(12(13)14-15)20(18,19)17-6-5-9-3-4-10(7-17)16(9)2/h8-10H,3-7H2,1-2H3,(H2,13,14). The van der Waals surface area contributed by atoms with Gasteiger partial charge in [-0.2, -0.15) is 9.40 Å². The Morgan fingerprint density at radius 2 is 1.95 bits per heavy atom. The number of nitrogen functional groups attached to an aromatic ring is 1. The second kappa shape index (κ2) is 4.71. The molecule has 2 fully saturated rings. The molecule has 3 rings (SSSR count). The minimum Gasteiger partial charge on any atom is -0.381 e. The summed E-state index contributed by atoms with van der Waals surface area (Å²) in [5.74, 6) is 0.0789. The van der Waals surface area contributed by atoms with Gasteiger partial charge in [0.05, 0.1) is 0 Å². The first kappa shape index (κ1) is 13.8. The first-order chi connectivity index (χ1) is 9.39. The van der Waals surface area contributed by atoms with E-state index in [1.54, 1.807) is 11.4 Å². The van der Waals surface area contributed by atoms with E-state index in [2.05, 4.69) is 17.0 Å². The van der Waals surface area contributed by atoms with E-state index in [4.69, 9.17) is 5.73 Å². The topological polar surface area (TPSA) is 84.5 Å². The molecule has 1 aromatic heterocycles. The van der Waals surface area contributed by atoms with Gasteiger partial charge < -0.3 is 5.73 Å². The molecule has 7 nitrogen and oxygen atoms in total. The van der Waals surface area contributed by atoms with Gasteiger partial charge in [-0.25, -0.2) is 8.42 Å². The minimum atomic E-state index is -3.54. The number of nitrogens with two attached hydrogens (primary N) is 1. The fraction of sp³-hybridized carbons (Fsp3) is 0.750. The number of fused-ring (bicyclic) bond motifs is 2. The summed E-state index contributed by atoms with van der Waals surface area (Å²) >= 11 is 0. The third kappa shape index (κ3) is 2.11. The van der Waals surface area contributed by atoms with Crippen molar-refractivity contribution in [1.29, 1.82) is 0 Å². The van der Waals surface area contributed by atoms with E-state index in [0.717, 1.165) is 12.8 Å². The van der Waals surface area contributed by atoms with Crippen LogP contribution in [0.1, 0.15) is 19.3 Å². The molecule has 2 unspecified atom stereocenters. The fourth-order valence-electron chi connectivity index (χ4n) is 3.32. The van der Waals surface area contributed by atoms with Crippen molar-refractivity contribution >= 4 is 15.8 Å². The number of hydrogen-bond donors (Lipinski definition) is 1. The van der Waals surface area contributed by atoms with E-state index in [1.165, 1.54) is 17.3 Å². The van der Waals surface area contributed by atoms with Gasteiger partial charge in [0.2, 0.25) is 10.0 Å². The predicted molar refractivity (Wildman–Crippen MR) is 75.6 cm³/mol. The van der Waals surface area contributed by atoms with Crippen LogP contribution in [0.4, 0.5) is 5.82 Å². The van der Waals surface area contributed by atoms with Crippen molar-refractivity contribution in [3.63, 3.8) is 0 Å². The Balaban J connectivity index is 1.90. The van der Waals surface area contributed by atoms with Gasteiger partial charge in [0.25, 0.3) is 0 Å². The van der Waals surface area contributed by atoms with Crippen molar-refractivity contribution in [2.45, 2.75) is 36.2 Å². The van der Waals surface area contributed by atoms with Crippen LogP contribution in [0.15, 0.2) is 11.1 Å². The Bertz CT molecular complexity index is 611. The number of aromatic nitrogens is 2. The number of anilines is 1. The lowest BCUT2D eigenvalue weighted by Gasteiger charge is -2.24. The van der Waals surface area contributed by atoms with E-state index >= 15 is 0 Å². The van der Waals surface area contributed by atoms with E-state index in [-0.39, 0.29) is 10.7 Å². The van der Waals surface area contributed by atoms with Gasteiger partial charge in [0, 0.05) is 38.4 Å². The number of hydrogen-bond acceptors (Lipinski definition) is 5. The number of sulfonamides is 1. The average molecular weight is 299 g/mol. The van der Waals surface area contributed by atoms with Crippen LogP contribution in [0, 0.1) is 0 Å². The van der Waals surface area contributed by atoms with Gasteiger partial charge in [-0.05, 0) is 26.3 Å². The van der Waals surface area contributed by atoms with Crippen LogP contribution in [-0.2, 0) is 17.1 Å². The number of likely N-dealkylation sites (N-methyl/N-ethyl adjacent to an activating group) is 1. The summed E-state index contributed by atoms with van der Waals surface area (Å²) in [5.41, 5.74) is 5.73. The fourth-order valence-corrected chi connectivity index (χ4v) is 4.90. The van der Waals surface area contributed by atoms with Crippen LogP contribution in [-0.4, -0.2) is 59.6 Å². The zero-order chi connectivity index (χ0) is 14.5. The first-order valence-electron chi connectivity index (χ1n) is 6.91. The summed E-state index contributed by atoms with van der Waals surface area (Å²) in [6.07, 6.45) is 4.60. The molecule has 0 radical (unpaired) electrons. The molecule has 0 amide bonds. The highest BCUT2D eigenvalue weighted by Gasteiger charge is 2.39. The van der Waals surface area contributed by atoms with E-state index in [0.29, 0.717) is 25.2 Å². The van der Waals surface area contributed by atoms with Crippen LogP contribution in [0.2, 0.25) is 0 Å². The van der Waals surface area contributed by atoms with Crippen molar-refractivity contribution in [2.24, 2.45) is 7.05 Å². The van der Waals surface area contributed by atoms with Crippen molar-refractivity contribution in [3.8, 4) is 0 Å². The number of aryl methyl sites for hydroxylation is 1. The monoisotopic (exact) mass is 299 g/mol. The molecule has 0 spiro atoms. The molecule has 2 N–H and O–H groups in total. The Hall–Kier alpha value is -1.12. The highest BCUT2D eigenvalue weighted by atomic mass is 32.2. The molecule has 8 heteroatoms. The number of rotatable bonds is 2. The summed E-state index contributed by atoms with van der Waals surface area (Å²) in [6, 6.07) is 0.821. The lowest BCUT2D eigenvalue weighted by molar-refractivity contribution is 0.246. The van der Waals surface area contributed by atoms with Gasteiger partial charge in [-0.3, -0.25) is 9.58 Å². The zero-order valence-electron chi connectivity index (χ0n) is 11.9. The summed E-state index contributed by atoms with van der Waals surface area (Å²) in [4.78, 5) is 2.45. The molecule has 2 atom stereocenters. The Labute approximate surface area is 119 Å². The van der Waals surface area contributed by atoms with Gasteiger partial charge in [-0.1, -0.05) is 0 Å². The molecule has 0 aliphatic carbocycles. The Kier molecular flexibility index (Phi) is 3.26. The molecule has 3 heterocycles. The lowest BCUT2D eigenvalue weighted by atomic mass is 10.1. The van der Waals surface area contributed by atoms with Crippen molar-refractivity contribution in [1.82, 2.24) is 19.0 Å². The highest BCUT2D eigenvalue weighted by molar-refractivity contribution is 7.89. The third-order valence-corrected chi connectivity index (χ3v) is 6.43. The summed E-state index contributed by atoms with van der Waals surface area (Å²) in [5, 5.41) is 3.94. The maximum Gasteiger partial charge on any atom is 0.248 e. The van der Waals surface area contributed by atoms with Gasteiger partial charge in [-0.15, -0.1) is 0 Å². The van der Waals surface area contributed by atoms with Crippen molar-refractivity contribution < 1.29 is 8.42 Å². The minimum absolute atomic E-state index is 0.0789. The molecule has 1 aromatic rings. The Morgan fingerprint density at radius 1 is 1.25 bits per heavy atom. The largest absolute Gasteiger partial charge is 0.381 e. The quantitative estimate of drug-likeness (QED) is 0.821. The average Bonchev–Trinajstić information content (AvgIpc) is 2.79. The van der Waals surface area contributed by atoms with Crippen LogP contribution in [0.3, 0.4) is 0 Å². The lowest BCUT2D eigenvalue weighted by Crippen LogP contribution is -2.39. The third-order valence-electron chi connectivity index (χ3n) is 4.55. The van der Waals surface area contributed by atoms with Gasteiger partial charge >= 0.3 is 0 Å². The molecule has 2 bridgehead atoms. The van der Waals surface area contributed by atoms with Crippen LogP contribution < -0.4 is 5.73 Å². The maximum absolute atomic E-state index is 12.7. The molecule has 112 valence electrons. The summed E-state index contributed by atoms with van der Waals surface area (Å²) < 4.78 is 28.5. The molecular formula is C12H21N5O2S. The normalized spacial score (nSPS) is 28.7. The molecular weight excluding hydrogens is 278 g/mol. The van der Waals surface area contributed by atoms with E-state index in [9.17, 15) is 8.42 Å². The maximum atomic E-state index is 12.7. The second-order valence-corrected chi connectivity index (χ2v) is 7.66. The SMILES string of the molecule is CN1C2CCC1CN(S(=O)(=O)c1cn(C)nc1N)CC2. The smallest absolute Gasteiger partial charge is 0.248 e. The van der Waals surface area contributed by atoms with Crippen molar-refractivity contribution in [3.05, 3.63) is 6.20 Å². The van der Waals surface area contributed by atoms with Gasteiger partial charge in [0.1, 0.15) is 4.90 Å². The molecule has 0 saturated carbocycles. The first-order valence-corrected chi connectivity index (χ1v) is 8.35. The van der Waals surface area contributed by atoms with Crippen LogP contribution in [0.5, 0.6) is 0 Å². The second-order valence-electron chi connectivity index (χ2n) is 5.75. The Morgan fingerprint density at radius 3 is 2.60 bits per heavy atom. The molecule has 2 saturated heterocycles. The molecule has 2 aliphatic heterocycles. The van der Waals surface area contributed by atoms with Crippen molar-refractivity contribution in [2.75, 3.05) is 25.9 Å². The summed E-state index contributed by atoms with van der Waals surface area (Å²) in [6.45, 7) is 1.10.